The van der Waals surface area contributed by atoms with Crippen molar-refractivity contribution in [3.63, 3.8) is 0 Å². The smallest absolute Gasteiger partial charge is 0.227 e. The minimum absolute atomic E-state index is 0.0694. The minimum atomic E-state index is 0.0694. The molecule has 1 atom stereocenters. The Bertz CT molecular complexity index is 397. The number of hydrogen-bond acceptors (Lipinski definition) is 3. The Hall–Kier alpha value is -1.36. The molecule has 1 unspecified atom stereocenters. The fraction of sp³-hybridized carbons (Fsp3) is 0.667. The zero-order valence-corrected chi connectivity index (χ0v) is 9.83. The first-order valence-electron chi connectivity index (χ1n) is 6.31. The summed E-state index contributed by atoms with van der Waals surface area (Å²) in [7, 11) is 0. The molecule has 2 aliphatic rings. The fourth-order valence-electron chi connectivity index (χ4n) is 2.95. The molecule has 1 aliphatic heterocycles. The number of aromatic amines is 1. The molecule has 1 aromatic heterocycles. The van der Waals surface area contributed by atoms with Crippen LogP contribution in [0.4, 0.5) is 0 Å². The number of carbonyl (C=O) groups excluding carboxylic acids is 1. The molecule has 1 spiro atoms. The van der Waals surface area contributed by atoms with E-state index < -0.39 is 0 Å². The summed E-state index contributed by atoms with van der Waals surface area (Å²) in [4.78, 5) is 18.9. The molecule has 0 radical (unpaired) electrons. The summed E-state index contributed by atoms with van der Waals surface area (Å²) in [5.74, 6) is 0.802. The highest BCUT2D eigenvalue weighted by molar-refractivity contribution is 5.78. The minimum Gasteiger partial charge on any atom is -0.351 e. The van der Waals surface area contributed by atoms with Gasteiger partial charge in [0.2, 0.25) is 5.91 Å². The van der Waals surface area contributed by atoms with Crippen LogP contribution < -0.4 is 10.6 Å². The molecule has 2 heterocycles. The molecule has 1 saturated carbocycles. The van der Waals surface area contributed by atoms with Gasteiger partial charge in [-0.05, 0) is 32.2 Å². The van der Waals surface area contributed by atoms with Crippen LogP contribution in [0.5, 0.6) is 0 Å². The van der Waals surface area contributed by atoms with Crippen LogP contribution >= 0.6 is 0 Å². The second kappa shape index (κ2) is 4.14. The Morgan fingerprint density at radius 2 is 2.47 bits per heavy atom. The van der Waals surface area contributed by atoms with Gasteiger partial charge in [0.1, 0.15) is 5.82 Å². The molecule has 3 N–H and O–H groups in total. The number of hydrogen-bond donors (Lipinski definition) is 3. The average molecular weight is 234 g/mol. The van der Waals surface area contributed by atoms with Gasteiger partial charge in [0, 0.05) is 24.0 Å². The van der Waals surface area contributed by atoms with Gasteiger partial charge < -0.3 is 15.6 Å². The third-order valence-electron chi connectivity index (χ3n) is 4.04. The van der Waals surface area contributed by atoms with Crippen molar-refractivity contribution in [3.8, 4) is 0 Å². The number of rotatable bonds is 3. The molecule has 1 aromatic rings. The Morgan fingerprint density at radius 3 is 3.12 bits per heavy atom. The first-order chi connectivity index (χ1) is 8.28. The summed E-state index contributed by atoms with van der Waals surface area (Å²) in [5, 5.41) is 6.69. The van der Waals surface area contributed by atoms with Crippen LogP contribution in [-0.2, 0) is 11.2 Å². The van der Waals surface area contributed by atoms with E-state index in [2.05, 4.69) is 20.6 Å². The van der Waals surface area contributed by atoms with Crippen LogP contribution in [0.3, 0.4) is 0 Å². The molecule has 5 heteroatoms. The standard InChI is InChI=1S/C12H18N4O/c17-11(8-10-13-6-7-14-10)16-9-2-5-15-12(9)3-1-4-12/h6-7,9,15H,1-5,8H2,(H,13,14)(H,16,17). The highest BCUT2D eigenvalue weighted by atomic mass is 16.1. The van der Waals surface area contributed by atoms with Crippen molar-refractivity contribution in [2.75, 3.05) is 6.54 Å². The van der Waals surface area contributed by atoms with Gasteiger partial charge in [-0.2, -0.15) is 0 Å². The zero-order valence-electron chi connectivity index (χ0n) is 9.83. The third-order valence-corrected chi connectivity index (χ3v) is 4.04. The van der Waals surface area contributed by atoms with E-state index in [-0.39, 0.29) is 11.4 Å². The van der Waals surface area contributed by atoms with E-state index in [4.69, 9.17) is 0 Å². The van der Waals surface area contributed by atoms with Crippen LogP contribution in [0.1, 0.15) is 31.5 Å². The predicted octanol–water partition coefficient (Wildman–Crippen LogP) is 0.353. The molecule has 1 aliphatic carbocycles. The molecule has 2 fully saturated rings. The molecule has 92 valence electrons. The van der Waals surface area contributed by atoms with E-state index in [9.17, 15) is 4.79 Å². The maximum atomic E-state index is 11.9. The number of carbonyl (C=O) groups is 1. The number of aromatic nitrogens is 2. The maximum absolute atomic E-state index is 11.9. The van der Waals surface area contributed by atoms with Gasteiger partial charge in [-0.15, -0.1) is 0 Å². The van der Waals surface area contributed by atoms with Gasteiger partial charge in [0.25, 0.3) is 0 Å². The summed E-state index contributed by atoms with van der Waals surface area (Å²) >= 11 is 0. The average Bonchev–Trinajstić information content (AvgIpc) is 2.85. The van der Waals surface area contributed by atoms with Gasteiger partial charge in [-0.25, -0.2) is 4.98 Å². The summed E-state index contributed by atoms with van der Waals surface area (Å²) < 4.78 is 0. The van der Waals surface area contributed by atoms with Crippen molar-refractivity contribution >= 4 is 5.91 Å². The molecular weight excluding hydrogens is 216 g/mol. The molecule has 1 amide bonds. The molecular formula is C12H18N4O. The number of nitrogens with zero attached hydrogens (tertiary/aromatic N) is 1. The summed E-state index contributed by atoms with van der Waals surface area (Å²) in [6, 6.07) is 0.304. The topological polar surface area (TPSA) is 69.8 Å². The highest BCUT2D eigenvalue weighted by Gasteiger charge is 2.47. The summed E-state index contributed by atoms with van der Waals surface area (Å²) in [5.41, 5.74) is 0.207. The Balaban J connectivity index is 1.57. The Morgan fingerprint density at radius 1 is 1.59 bits per heavy atom. The monoisotopic (exact) mass is 234 g/mol. The lowest BCUT2D eigenvalue weighted by atomic mass is 9.73. The summed E-state index contributed by atoms with van der Waals surface area (Å²) in [6.07, 6.45) is 8.47. The van der Waals surface area contributed by atoms with Gasteiger partial charge in [-0.3, -0.25) is 4.79 Å². The number of amides is 1. The number of H-pyrrole nitrogens is 1. The Labute approximate surface area is 100 Å². The predicted molar refractivity (Wildman–Crippen MR) is 63.4 cm³/mol. The maximum Gasteiger partial charge on any atom is 0.227 e. The van der Waals surface area contributed by atoms with Gasteiger partial charge >= 0.3 is 0 Å². The van der Waals surface area contributed by atoms with Crippen molar-refractivity contribution in [1.82, 2.24) is 20.6 Å². The van der Waals surface area contributed by atoms with Crippen molar-refractivity contribution < 1.29 is 4.79 Å². The van der Waals surface area contributed by atoms with Gasteiger partial charge in [0.15, 0.2) is 0 Å². The van der Waals surface area contributed by atoms with Crippen LogP contribution in [0.2, 0.25) is 0 Å². The van der Waals surface area contributed by atoms with Crippen molar-refractivity contribution in [2.45, 2.75) is 43.7 Å². The number of imidazole rings is 1. The normalized spacial score (nSPS) is 25.8. The fourth-order valence-corrected chi connectivity index (χ4v) is 2.95. The first kappa shape index (κ1) is 10.8. The third kappa shape index (κ3) is 1.95. The van der Waals surface area contributed by atoms with Crippen LogP contribution in [0, 0.1) is 0 Å². The molecule has 0 aromatic carbocycles. The van der Waals surface area contributed by atoms with E-state index in [1.165, 1.54) is 19.3 Å². The van der Waals surface area contributed by atoms with Gasteiger partial charge in [0.05, 0.1) is 6.42 Å². The molecule has 17 heavy (non-hydrogen) atoms. The molecule has 0 bridgehead atoms. The van der Waals surface area contributed by atoms with Crippen LogP contribution in [0.25, 0.3) is 0 Å². The quantitative estimate of drug-likeness (QED) is 0.707. The lowest BCUT2D eigenvalue weighted by molar-refractivity contribution is -0.121. The van der Waals surface area contributed by atoms with E-state index in [1.54, 1.807) is 12.4 Å². The lowest BCUT2D eigenvalue weighted by Gasteiger charge is -2.43. The highest BCUT2D eigenvalue weighted by Crippen LogP contribution is 2.39. The molecule has 5 nitrogen and oxygen atoms in total. The molecule has 1 saturated heterocycles. The Kier molecular flexibility index (Phi) is 2.63. The number of nitrogens with one attached hydrogen (secondary N) is 3. The first-order valence-corrected chi connectivity index (χ1v) is 6.31. The SMILES string of the molecule is O=C(Cc1ncc[nH]1)NC1CCNC12CCC2. The van der Waals surface area contributed by atoms with Gasteiger partial charge in [-0.1, -0.05) is 0 Å². The summed E-state index contributed by atoms with van der Waals surface area (Å²) in [6.45, 7) is 1.02. The van der Waals surface area contributed by atoms with Crippen molar-refractivity contribution in [3.05, 3.63) is 18.2 Å². The van der Waals surface area contributed by atoms with Crippen molar-refractivity contribution in [1.29, 1.82) is 0 Å². The zero-order chi connectivity index (χ0) is 11.7. The molecule has 3 rings (SSSR count). The second-order valence-electron chi connectivity index (χ2n) is 5.06. The van der Waals surface area contributed by atoms with E-state index in [0.29, 0.717) is 12.5 Å². The van der Waals surface area contributed by atoms with E-state index >= 15 is 0 Å². The lowest BCUT2D eigenvalue weighted by Crippen LogP contribution is -2.59. The van der Waals surface area contributed by atoms with Crippen LogP contribution in [0.15, 0.2) is 12.4 Å². The van der Waals surface area contributed by atoms with E-state index in [0.717, 1.165) is 18.8 Å². The largest absolute Gasteiger partial charge is 0.351 e. The van der Waals surface area contributed by atoms with E-state index in [1.807, 2.05) is 0 Å². The second-order valence-corrected chi connectivity index (χ2v) is 5.06. The van der Waals surface area contributed by atoms with Crippen molar-refractivity contribution in [2.24, 2.45) is 0 Å². The van der Waals surface area contributed by atoms with Crippen LogP contribution in [-0.4, -0.2) is 34.0 Å².